The van der Waals surface area contributed by atoms with Gasteiger partial charge in [0.05, 0.1) is 6.54 Å². The van der Waals surface area contributed by atoms with Crippen LogP contribution >= 0.6 is 0 Å². The molecule has 2 aromatic rings. The summed E-state index contributed by atoms with van der Waals surface area (Å²) in [6.07, 6.45) is 4.33. The van der Waals surface area contributed by atoms with Gasteiger partial charge in [-0.05, 0) is 43.5 Å². The summed E-state index contributed by atoms with van der Waals surface area (Å²) in [5, 5.41) is 9.77. The van der Waals surface area contributed by atoms with E-state index in [4.69, 9.17) is 4.52 Å². The largest absolute Gasteiger partial charge is 0.370 e. The Morgan fingerprint density at radius 1 is 1.43 bits per heavy atom. The second kappa shape index (κ2) is 7.23. The SMILES string of the molecule is Cc1ccnc(NCC2CCN(CC(=O)Nc3ccon3)C2)c1. The van der Waals surface area contributed by atoms with Crippen molar-refractivity contribution in [1.82, 2.24) is 15.0 Å². The van der Waals surface area contributed by atoms with Gasteiger partial charge in [0.25, 0.3) is 0 Å². The lowest BCUT2D eigenvalue weighted by Crippen LogP contribution is -2.32. The van der Waals surface area contributed by atoms with Crippen molar-refractivity contribution in [1.29, 1.82) is 0 Å². The Morgan fingerprint density at radius 2 is 2.35 bits per heavy atom. The van der Waals surface area contributed by atoms with Gasteiger partial charge in [-0.25, -0.2) is 4.98 Å². The Bertz CT molecular complexity index is 644. The first-order valence-electron chi connectivity index (χ1n) is 7.78. The number of likely N-dealkylation sites (tertiary alicyclic amines) is 1. The zero-order valence-corrected chi connectivity index (χ0v) is 13.2. The number of hydrogen-bond donors (Lipinski definition) is 2. The third-order valence-electron chi connectivity index (χ3n) is 3.93. The lowest BCUT2D eigenvalue weighted by molar-refractivity contribution is -0.117. The van der Waals surface area contributed by atoms with E-state index < -0.39 is 0 Å². The van der Waals surface area contributed by atoms with Crippen molar-refractivity contribution >= 4 is 17.5 Å². The van der Waals surface area contributed by atoms with E-state index in [0.29, 0.717) is 18.3 Å². The first-order valence-corrected chi connectivity index (χ1v) is 7.78. The number of aryl methyl sites for hydroxylation is 1. The van der Waals surface area contributed by atoms with Gasteiger partial charge in [-0.1, -0.05) is 5.16 Å². The van der Waals surface area contributed by atoms with Crippen LogP contribution in [0, 0.1) is 12.8 Å². The topological polar surface area (TPSA) is 83.3 Å². The molecule has 122 valence electrons. The van der Waals surface area contributed by atoms with E-state index in [2.05, 4.69) is 32.6 Å². The Hall–Kier alpha value is -2.41. The minimum atomic E-state index is -0.0622. The molecule has 3 rings (SSSR count). The van der Waals surface area contributed by atoms with Gasteiger partial charge in [0.15, 0.2) is 5.82 Å². The zero-order valence-electron chi connectivity index (χ0n) is 13.2. The van der Waals surface area contributed by atoms with Crippen LogP contribution in [0.2, 0.25) is 0 Å². The molecule has 23 heavy (non-hydrogen) atoms. The standard InChI is InChI=1S/C16H21N5O2/c1-12-2-5-17-15(8-12)18-9-13-3-6-21(10-13)11-16(22)19-14-4-7-23-20-14/h2,4-5,7-8,13H,3,6,9-11H2,1H3,(H,17,18)(H,19,20,22). The number of hydrogen-bond acceptors (Lipinski definition) is 6. The van der Waals surface area contributed by atoms with Gasteiger partial charge in [-0.2, -0.15) is 0 Å². The first kappa shape index (κ1) is 15.5. The van der Waals surface area contributed by atoms with Crippen LogP contribution in [0.4, 0.5) is 11.6 Å². The average Bonchev–Trinajstić information content (AvgIpc) is 3.17. The van der Waals surface area contributed by atoms with Crippen LogP contribution in [0.25, 0.3) is 0 Å². The fraction of sp³-hybridized carbons (Fsp3) is 0.438. The molecule has 1 saturated heterocycles. The molecule has 1 amide bonds. The molecule has 0 saturated carbocycles. The maximum Gasteiger partial charge on any atom is 0.239 e. The number of anilines is 2. The summed E-state index contributed by atoms with van der Waals surface area (Å²) in [6.45, 7) is 5.15. The van der Waals surface area contributed by atoms with Crippen LogP contribution in [0.5, 0.6) is 0 Å². The summed E-state index contributed by atoms with van der Waals surface area (Å²) in [4.78, 5) is 18.4. The summed E-state index contributed by atoms with van der Waals surface area (Å²) >= 11 is 0. The summed E-state index contributed by atoms with van der Waals surface area (Å²) in [5.74, 6) is 1.83. The molecule has 1 aliphatic rings. The maximum absolute atomic E-state index is 11.9. The van der Waals surface area contributed by atoms with E-state index in [-0.39, 0.29) is 5.91 Å². The third-order valence-corrected chi connectivity index (χ3v) is 3.93. The van der Waals surface area contributed by atoms with Gasteiger partial charge in [-0.3, -0.25) is 9.69 Å². The highest BCUT2D eigenvalue weighted by Gasteiger charge is 2.24. The fourth-order valence-electron chi connectivity index (χ4n) is 2.77. The molecule has 0 bridgehead atoms. The number of carbonyl (C=O) groups excluding carboxylic acids is 1. The molecular weight excluding hydrogens is 294 g/mol. The second-order valence-corrected chi connectivity index (χ2v) is 5.92. The highest BCUT2D eigenvalue weighted by atomic mass is 16.5. The molecule has 2 N–H and O–H groups in total. The van der Waals surface area contributed by atoms with Gasteiger partial charge in [0.1, 0.15) is 12.1 Å². The van der Waals surface area contributed by atoms with Crippen LogP contribution < -0.4 is 10.6 Å². The highest BCUT2D eigenvalue weighted by molar-refractivity contribution is 5.91. The van der Waals surface area contributed by atoms with Crippen molar-refractivity contribution in [2.45, 2.75) is 13.3 Å². The molecule has 1 fully saturated rings. The Labute approximate surface area is 135 Å². The smallest absolute Gasteiger partial charge is 0.239 e. The molecule has 1 atom stereocenters. The zero-order chi connectivity index (χ0) is 16.1. The van der Waals surface area contributed by atoms with Gasteiger partial charge in [0, 0.05) is 25.4 Å². The van der Waals surface area contributed by atoms with Gasteiger partial charge >= 0.3 is 0 Å². The van der Waals surface area contributed by atoms with E-state index in [0.717, 1.165) is 31.9 Å². The van der Waals surface area contributed by atoms with Crippen molar-refractivity contribution in [2.24, 2.45) is 5.92 Å². The van der Waals surface area contributed by atoms with Crippen molar-refractivity contribution in [3.63, 3.8) is 0 Å². The molecule has 1 aliphatic heterocycles. The van der Waals surface area contributed by atoms with Crippen molar-refractivity contribution in [3.05, 3.63) is 36.2 Å². The van der Waals surface area contributed by atoms with Crippen LogP contribution in [-0.2, 0) is 4.79 Å². The molecular formula is C16H21N5O2. The Balaban J connectivity index is 1.40. The van der Waals surface area contributed by atoms with Crippen LogP contribution in [-0.4, -0.2) is 47.1 Å². The number of amides is 1. The normalized spacial score (nSPS) is 18.0. The summed E-state index contributed by atoms with van der Waals surface area (Å²) < 4.78 is 4.69. The summed E-state index contributed by atoms with van der Waals surface area (Å²) in [7, 11) is 0. The van der Waals surface area contributed by atoms with Crippen LogP contribution in [0.3, 0.4) is 0 Å². The monoisotopic (exact) mass is 315 g/mol. The number of pyridine rings is 1. The predicted octanol–water partition coefficient (Wildman–Crippen LogP) is 1.75. The van der Waals surface area contributed by atoms with Crippen molar-refractivity contribution in [3.8, 4) is 0 Å². The molecule has 0 radical (unpaired) electrons. The highest BCUT2D eigenvalue weighted by Crippen LogP contribution is 2.17. The number of carbonyl (C=O) groups is 1. The second-order valence-electron chi connectivity index (χ2n) is 5.92. The van der Waals surface area contributed by atoms with Crippen LogP contribution in [0.1, 0.15) is 12.0 Å². The van der Waals surface area contributed by atoms with Crippen molar-refractivity contribution < 1.29 is 9.32 Å². The molecule has 2 aromatic heterocycles. The number of nitrogens with zero attached hydrogens (tertiary/aromatic N) is 3. The van der Waals surface area contributed by atoms with E-state index in [1.165, 1.54) is 11.8 Å². The van der Waals surface area contributed by atoms with Gasteiger partial charge < -0.3 is 15.2 Å². The quantitative estimate of drug-likeness (QED) is 0.845. The molecule has 1 unspecified atom stereocenters. The minimum absolute atomic E-state index is 0.0622. The van der Waals surface area contributed by atoms with E-state index in [1.807, 2.05) is 18.3 Å². The molecule has 0 aliphatic carbocycles. The molecule has 3 heterocycles. The van der Waals surface area contributed by atoms with Gasteiger partial charge in [-0.15, -0.1) is 0 Å². The first-order chi connectivity index (χ1) is 11.2. The van der Waals surface area contributed by atoms with E-state index in [9.17, 15) is 4.79 Å². The minimum Gasteiger partial charge on any atom is -0.370 e. The lowest BCUT2D eigenvalue weighted by atomic mass is 10.1. The summed E-state index contributed by atoms with van der Waals surface area (Å²) in [5.41, 5.74) is 1.19. The molecule has 0 aromatic carbocycles. The summed E-state index contributed by atoms with van der Waals surface area (Å²) in [6, 6.07) is 5.65. The fourth-order valence-corrected chi connectivity index (χ4v) is 2.77. The number of nitrogens with one attached hydrogen (secondary N) is 2. The Kier molecular flexibility index (Phi) is 4.87. The Morgan fingerprint density at radius 3 is 3.13 bits per heavy atom. The van der Waals surface area contributed by atoms with Crippen LogP contribution in [0.15, 0.2) is 35.2 Å². The number of rotatable bonds is 6. The van der Waals surface area contributed by atoms with E-state index >= 15 is 0 Å². The van der Waals surface area contributed by atoms with Crippen molar-refractivity contribution in [2.75, 3.05) is 36.8 Å². The predicted molar refractivity (Wildman–Crippen MR) is 87.1 cm³/mol. The lowest BCUT2D eigenvalue weighted by Gasteiger charge is -2.15. The van der Waals surface area contributed by atoms with Gasteiger partial charge in [0.2, 0.25) is 5.91 Å². The number of aromatic nitrogens is 2. The molecule has 7 nitrogen and oxygen atoms in total. The third kappa shape index (κ3) is 4.53. The average molecular weight is 315 g/mol. The maximum atomic E-state index is 11.9. The molecule has 7 heteroatoms. The molecule has 0 spiro atoms. The van der Waals surface area contributed by atoms with E-state index in [1.54, 1.807) is 6.07 Å².